The van der Waals surface area contributed by atoms with E-state index in [0.717, 1.165) is 19.4 Å². The number of methoxy groups -OCH3 is 1. The van der Waals surface area contributed by atoms with Crippen LogP contribution in [0, 0.1) is 11.3 Å². The van der Waals surface area contributed by atoms with Crippen molar-refractivity contribution in [3.8, 4) is 11.5 Å². The predicted octanol–water partition coefficient (Wildman–Crippen LogP) is 1.63. The monoisotopic (exact) mass is 313 g/mol. The number of hydrogen-bond acceptors (Lipinski definition) is 4. The van der Waals surface area contributed by atoms with E-state index in [1.165, 1.54) is 0 Å². The molecule has 2 rings (SSSR count). The van der Waals surface area contributed by atoms with Gasteiger partial charge in [-0.3, -0.25) is 10.2 Å². The Morgan fingerprint density at radius 3 is 2.52 bits per heavy atom. The number of carbonyl (C=O) groups is 1. The molecule has 0 aromatic heterocycles. The third kappa shape index (κ3) is 4.53. The molecule has 1 aliphatic rings. The third-order valence-corrected chi connectivity index (χ3v) is 3.37. The Balaban J connectivity index is 0.00000220. The number of ether oxygens (including phenoxy) is 2. The molecule has 7 heteroatoms. The minimum atomic E-state index is -0.277. The van der Waals surface area contributed by atoms with Crippen LogP contribution in [0.1, 0.15) is 12.8 Å². The molecule has 1 aromatic carbocycles. The molecule has 1 fully saturated rings. The molecule has 0 aliphatic carbocycles. The molecule has 0 amide bonds. The number of nitrogens with one attached hydrogen (secondary N) is 1. The van der Waals surface area contributed by atoms with Crippen molar-refractivity contribution in [2.45, 2.75) is 12.8 Å². The Hall–Kier alpha value is -1.95. The second kappa shape index (κ2) is 7.73. The van der Waals surface area contributed by atoms with E-state index in [4.69, 9.17) is 20.6 Å². The van der Waals surface area contributed by atoms with E-state index < -0.39 is 0 Å². The fraction of sp³-hybridized carbons (Fsp3) is 0.429. The van der Waals surface area contributed by atoms with Crippen LogP contribution < -0.4 is 15.2 Å². The van der Waals surface area contributed by atoms with E-state index in [1.807, 2.05) is 0 Å². The van der Waals surface area contributed by atoms with Gasteiger partial charge in [-0.05, 0) is 37.1 Å². The summed E-state index contributed by atoms with van der Waals surface area (Å²) in [5.74, 6) is 0.698. The highest BCUT2D eigenvalue weighted by Crippen LogP contribution is 2.21. The summed E-state index contributed by atoms with van der Waals surface area (Å²) in [5.41, 5.74) is 5.46. The molecule has 1 saturated heterocycles. The Kier molecular flexibility index (Phi) is 6.30. The van der Waals surface area contributed by atoms with E-state index >= 15 is 0 Å². The van der Waals surface area contributed by atoms with Crippen LogP contribution in [-0.2, 0) is 4.79 Å². The second-order valence-corrected chi connectivity index (χ2v) is 4.77. The lowest BCUT2D eigenvalue weighted by molar-refractivity contribution is -0.140. The Morgan fingerprint density at radius 1 is 1.33 bits per heavy atom. The van der Waals surface area contributed by atoms with Crippen molar-refractivity contribution in [2.24, 2.45) is 11.7 Å². The first-order chi connectivity index (χ1) is 9.60. The zero-order chi connectivity index (χ0) is 14.5. The van der Waals surface area contributed by atoms with Crippen LogP contribution in [0.25, 0.3) is 0 Å². The van der Waals surface area contributed by atoms with Crippen molar-refractivity contribution in [1.82, 2.24) is 4.90 Å². The van der Waals surface area contributed by atoms with Gasteiger partial charge in [0.15, 0.2) is 5.96 Å². The van der Waals surface area contributed by atoms with Gasteiger partial charge in [0.2, 0.25) is 0 Å². The van der Waals surface area contributed by atoms with E-state index in [1.54, 1.807) is 36.3 Å². The van der Waals surface area contributed by atoms with Gasteiger partial charge in [-0.15, -0.1) is 12.4 Å². The molecule has 21 heavy (non-hydrogen) atoms. The van der Waals surface area contributed by atoms with Gasteiger partial charge < -0.3 is 20.1 Å². The first-order valence-corrected chi connectivity index (χ1v) is 6.55. The fourth-order valence-electron chi connectivity index (χ4n) is 2.23. The lowest BCUT2D eigenvalue weighted by Gasteiger charge is -2.31. The molecular weight excluding hydrogens is 294 g/mol. The second-order valence-electron chi connectivity index (χ2n) is 4.77. The van der Waals surface area contributed by atoms with Crippen LogP contribution in [0.2, 0.25) is 0 Å². The lowest BCUT2D eigenvalue weighted by atomic mass is 9.98. The fourth-order valence-corrected chi connectivity index (χ4v) is 2.23. The molecule has 0 spiro atoms. The first kappa shape index (κ1) is 17.1. The number of guanidine groups is 1. The normalized spacial score (nSPS) is 17.6. The minimum absolute atomic E-state index is 0. The van der Waals surface area contributed by atoms with Crippen LogP contribution in [0.4, 0.5) is 0 Å². The minimum Gasteiger partial charge on any atom is -0.497 e. The van der Waals surface area contributed by atoms with Crippen molar-refractivity contribution >= 4 is 24.3 Å². The number of piperidine rings is 1. The van der Waals surface area contributed by atoms with Gasteiger partial charge in [-0.25, -0.2) is 0 Å². The van der Waals surface area contributed by atoms with E-state index in [-0.39, 0.29) is 30.3 Å². The van der Waals surface area contributed by atoms with Crippen LogP contribution in [0.15, 0.2) is 24.3 Å². The first-order valence-electron chi connectivity index (χ1n) is 6.55. The predicted molar refractivity (Wildman–Crippen MR) is 82.1 cm³/mol. The molecule has 3 N–H and O–H groups in total. The SMILES string of the molecule is COc1ccc(OC(=O)C2CCCN(C(=N)N)C2)cc1.Cl. The number of nitrogens with two attached hydrogens (primary N) is 1. The van der Waals surface area contributed by atoms with Crippen LogP contribution in [0.3, 0.4) is 0 Å². The van der Waals surface area contributed by atoms with Crippen LogP contribution in [0.5, 0.6) is 11.5 Å². The maximum Gasteiger partial charge on any atom is 0.316 e. The molecule has 0 bridgehead atoms. The van der Waals surface area contributed by atoms with Gasteiger partial charge >= 0.3 is 5.97 Å². The standard InChI is InChI=1S/C14H19N3O3.ClH/c1-19-11-4-6-12(7-5-11)20-13(18)10-3-2-8-17(9-10)14(15)16;/h4-7,10H,2-3,8-9H2,1H3,(H3,15,16);1H. The zero-order valence-corrected chi connectivity index (χ0v) is 12.7. The molecule has 1 aliphatic heterocycles. The molecule has 1 aromatic rings. The summed E-state index contributed by atoms with van der Waals surface area (Å²) in [6.07, 6.45) is 1.60. The summed E-state index contributed by atoms with van der Waals surface area (Å²) < 4.78 is 10.4. The smallest absolute Gasteiger partial charge is 0.316 e. The van der Waals surface area contributed by atoms with Crippen molar-refractivity contribution < 1.29 is 14.3 Å². The molecule has 6 nitrogen and oxygen atoms in total. The highest BCUT2D eigenvalue weighted by molar-refractivity contribution is 5.85. The number of rotatable bonds is 3. The average Bonchev–Trinajstić information content (AvgIpc) is 2.48. The van der Waals surface area contributed by atoms with Gasteiger partial charge in [0.05, 0.1) is 13.0 Å². The average molecular weight is 314 g/mol. The number of esters is 1. The van der Waals surface area contributed by atoms with Crippen molar-refractivity contribution in [1.29, 1.82) is 5.41 Å². The molecule has 116 valence electrons. The number of likely N-dealkylation sites (tertiary alicyclic amines) is 1. The van der Waals surface area contributed by atoms with E-state index in [9.17, 15) is 4.79 Å². The largest absolute Gasteiger partial charge is 0.497 e. The van der Waals surface area contributed by atoms with Crippen LogP contribution >= 0.6 is 12.4 Å². The quantitative estimate of drug-likeness (QED) is 0.383. The molecular formula is C14H20ClN3O3. The van der Waals surface area contributed by atoms with Gasteiger partial charge in [-0.2, -0.15) is 0 Å². The summed E-state index contributed by atoms with van der Waals surface area (Å²) in [6.45, 7) is 1.17. The molecule has 1 atom stereocenters. The van der Waals surface area contributed by atoms with Gasteiger partial charge in [0.25, 0.3) is 0 Å². The number of benzene rings is 1. The zero-order valence-electron chi connectivity index (χ0n) is 11.9. The van der Waals surface area contributed by atoms with Crippen molar-refractivity contribution in [3.05, 3.63) is 24.3 Å². The maximum absolute atomic E-state index is 12.1. The summed E-state index contributed by atoms with van der Waals surface area (Å²) in [4.78, 5) is 13.8. The number of halogens is 1. The molecule has 1 unspecified atom stereocenters. The molecule has 0 radical (unpaired) electrons. The molecule has 1 heterocycles. The highest BCUT2D eigenvalue weighted by Gasteiger charge is 2.27. The maximum atomic E-state index is 12.1. The van der Waals surface area contributed by atoms with Crippen LogP contribution in [-0.4, -0.2) is 37.0 Å². The number of nitrogens with zero attached hydrogens (tertiary/aromatic N) is 1. The van der Waals surface area contributed by atoms with E-state index in [2.05, 4.69) is 0 Å². The topological polar surface area (TPSA) is 88.6 Å². The lowest BCUT2D eigenvalue weighted by Crippen LogP contribution is -2.46. The van der Waals surface area contributed by atoms with Crippen molar-refractivity contribution in [2.75, 3.05) is 20.2 Å². The Bertz CT molecular complexity index is 493. The van der Waals surface area contributed by atoms with Gasteiger partial charge in [0.1, 0.15) is 11.5 Å². The van der Waals surface area contributed by atoms with Crippen molar-refractivity contribution in [3.63, 3.8) is 0 Å². The summed E-state index contributed by atoms with van der Waals surface area (Å²) in [5, 5.41) is 7.42. The van der Waals surface area contributed by atoms with Gasteiger partial charge in [0, 0.05) is 13.1 Å². The third-order valence-electron chi connectivity index (χ3n) is 3.37. The number of hydrogen-bond donors (Lipinski definition) is 2. The number of carbonyl (C=O) groups excluding carboxylic acids is 1. The summed E-state index contributed by atoms with van der Waals surface area (Å²) in [6, 6.07) is 6.88. The summed E-state index contributed by atoms with van der Waals surface area (Å²) in [7, 11) is 1.58. The summed E-state index contributed by atoms with van der Waals surface area (Å²) >= 11 is 0. The Labute approximate surface area is 130 Å². The van der Waals surface area contributed by atoms with E-state index in [0.29, 0.717) is 18.0 Å². The Morgan fingerprint density at radius 2 is 1.95 bits per heavy atom. The van der Waals surface area contributed by atoms with Gasteiger partial charge in [-0.1, -0.05) is 0 Å². The molecule has 0 saturated carbocycles. The highest BCUT2D eigenvalue weighted by atomic mass is 35.5.